The summed E-state index contributed by atoms with van der Waals surface area (Å²) in [5.74, 6) is 0.806. The molecule has 0 spiro atoms. The highest BCUT2D eigenvalue weighted by molar-refractivity contribution is 5.33. The summed E-state index contributed by atoms with van der Waals surface area (Å²) in [6, 6.07) is 18.1. The minimum Gasteiger partial charge on any atom is -0.483 e. The van der Waals surface area contributed by atoms with Gasteiger partial charge in [0.1, 0.15) is 11.9 Å². The maximum atomic E-state index is 10.6. The first-order valence-corrected chi connectivity index (χ1v) is 7.76. The molecule has 22 heavy (non-hydrogen) atoms. The van der Waals surface area contributed by atoms with E-state index in [2.05, 4.69) is 19.2 Å². The maximum Gasteiger partial charge on any atom is 0.151 e. The lowest BCUT2D eigenvalue weighted by Crippen LogP contribution is -2.37. The lowest BCUT2D eigenvalue weighted by molar-refractivity contribution is 0.0342. The topological polar surface area (TPSA) is 41.5 Å². The van der Waals surface area contributed by atoms with E-state index in [1.54, 1.807) is 0 Å². The van der Waals surface area contributed by atoms with Crippen molar-refractivity contribution in [2.24, 2.45) is 0 Å². The van der Waals surface area contributed by atoms with E-state index in [4.69, 9.17) is 4.74 Å². The van der Waals surface area contributed by atoms with Crippen molar-refractivity contribution in [3.8, 4) is 5.75 Å². The van der Waals surface area contributed by atoms with E-state index in [1.807, 2.05) is 61.5 Å². The largest absolute Gasteiger partial charge is 0.483 e. The average molecular weight is 299 g/mol. The van der Waals surface area contributed by atoms with Gasteiger partial charge in [0.05, 0.1) is 0 Å². The zero-order valence-corrected chi connectivity index (χ0v) is 13.5. The van der Waals surface area contributed by atoms with Crippen LogP contribution in [0.2, 0.25) is 0 Å². The Hall–Kier alpha value is -1.84. The summed E-state index contributed by atoms with van der Waals surface area (Å²) in [6.45, 7) is 6.62. The number of aliphatic hydroxyl groups is 1. The third-order valence-electron chi connectivity index (χ3n) is 3.56. The Labute approximate surface area is 133 Å². The van der Waals surface area contributed by atoms with Crippen molar-refractivity contribution < 1.29 is 9.84 Å². The third-order valence-corrected chi connectivity index (χ3v) is 3.56. The number of nitrogens with one attached hydrogen (secondary N) is 1. The van der Waals surface area contributed by atoms with Crippen LogP contribution >= 0.6 is 0 Å². The normalized spacial score (nSPS) is 13.9. The van der Waals surface area contributed by atoms with E-state index in [9.17, 15) is 5.11 Å². The molecule has 0 heterocycles. The molecule has 0 aliphatic carbocycles. The molecule has 0 fully saturated rings. The summed E-state index contributed by atoms with van der Waals surface area (Å²) < 4.78 is 6.14. The highest BCUT2D eigenvalue weighted by Crippen LogP contribution is 2.27. The van der Waals surface area contributed by atoms with Gasteiger partial charge < -0.3 is 15.2 Å². The highest BCUT2D eigenvalue weighted by Gasteiger charge is 2.23. The maximum absolute atomic E-state index is 10.6. The van der Waals surface area contributed by atoms with Crippen LogP contribution in [0.25, 0.3) is 0 Å². The molecule has 2 N–H and O–H groups in total. The van der Waals surface area contributed by atoms with Gasteiger partial charge in [0.15, 0.2) is 6.10 Å². The molecule has 0 aliphatic heterocycles. The molecule has 2 aromatic rings. The molecule has 3 heteroatoms. The molecule has 0 bridgehead atoms. The minimum atomic E-state index is -0.621. The fraction of sp³-hybridized carbons (Fsp3) is 0.368. The van der Waals surface area contributed by atoms with Gasteiger partial charge in [-0.2, -0.15) is 0 Å². The molecule has 2 unspecified atom stereocenters. The second-order valence-corrected chi connectivity index (χ2v) is 5.84. The Bertz CT molecular complexity index is 569. The van der Waals surface area contributed by atoms with E-state index >= 15 is 0 Å². The first kappa shape index (κ1) is 16.5. The summed E-state index contributed by atoms with van der Waals surface area (Å²) in [4.78, 5) is 0. The zero-order valence-electron chi connectivity index (χ0n) is 13.5. The van der Waals surface area contributed by atoms with E-state index in [0.29, 0.717) is 12.6 Å². The van der Waals surface area contributed by atoms with Crippen molar-refractivity contribution in [1.29, 1.82) is 0 Å². The SMILES string of the molecule is Cc1ccccc1OC(c1ccccc1)C(O)CNC(C)C. The number of benzene rings is 2. The second-order valence-electron chi connectivity index (χ2n) is 5.84. The van der Waals surface area contributed by atoms with Crippen LogP contribution in [0.3, 0.4) is 0 Å². The van der Waals surface area contributed by atoms with Gasteiger partial charge in [0.2, 0.25) is 0 Å². The minimum absolute atomic E-state index is 0.324. The van der Waals surface area contributed by atoms with Crippen LogP contribution in [0, 0.1) is 6.92 Å². The van der Waals surface area contributed by atoms with E-state index < -0.39 is 12.2 Å². The first-order chi connectivity index (χ1) is 10.6. The molecule has 0 saturated heterocycles. The molecule has 0 radical (unpaired) electrons. The molecular formula is C19H25NO2. The van der Waals surface area contributed by atoms with Gasteiger partial charge in [-0.05, 0) is 24.1 Å². The number of para-hydroxylation sites is 1. The van der Waals surface area contributed by atoms with Gasteiger partial charge in [0, 0.05) is 12.6 Å². The molecule has 2 rings (SSSR count). The lowest BCUT2D eigenvalue weighted by Gasteiger charge is -2.26. The predicted octanol–water partition coefficient (Wildman–Crippen LogP) is 3.47. The fourth-order valence-corrected chi connectivity index (χ4v) is 2.30. The number of aryl methyl sites for hydroxylation is 1. The molecular weight excluding hydrogens is 274 g/mol. The number of hydrogen-bond donors (Lipinski definition) is 2. The fourth-order valence-electron chi connectivity index (χ4n) is 2.30. The van der Waals surface area contributed by atoms with Crippen LogP contribution in [-0.2, 0) is 0 Å². The van der Waals surface area contributed by atoms with Gasteiger partial charge in [-0.25, -0.2) is 0 Å². The Balaban J connectivity index is 2.20. The summed E-state index contributed by atoms with van der Waals surface area (Å²) in [5.41, 5.74) is 2.04. The Morgan fingerprint density at radius 1 is 1.00 bits per heavy atom. The van der Waals surface area contributed by atoms with Crippen molar-refractivity contribution >= 4 is 0 Å². The molecule has 3 nitrogen and oxygen atoms in total. The number of ether oxygens (including phenoxy) is 1. The molecule has 0 amide bonds. The van der Waals surface area contributed by atoms with E-state index in [-0.39, 0.29) is 0 Å². The van der Waals surface area contributed by atoms with Crippen molar-refractivity contribution in [2.45, 2.75) is 39.0 Å². The first-order valence-electron chi connectivity index (χ1n) is 7.76. The van der Waals surface area contributed by atoms with Crippen LogP contribution in [0.1, 0.15) is 31.1 Å². The highest BCUT2D eigenvalue weighted by atomic mass is 16.5. The molecule has 2 aromatic carbocycles. The van der Waals surface area contributed by atoms with Gasteiger partial charge in [-0.15, -0.1) is 0 Å². The van der Waals surface area contributed by atoms with E-state index in [1.165, 1.54) is 0 Å². The Morgan fingerprint density at radius 3 is 2.27 bits per heavy atom. The van der Waals surface area contributed by atoms with Gasteiger partial charge in [0.25, 0.3) is 0 Å². The van der Waals surface area contributed by atoms with Crippen molar-refractivity contribution in [2.75, 3.05) is 6.54 Å². The van der Waals surface area contributed by atoms with E-state index in [0.717, 1.165) is 16.9 Å². The van der Waals surface area contributed by atoms with Crippen molar-refractivity contribution in [3.05, 3.63) is 65.7 Å². The second kappa shape index (κ2) is 7.97. The summed E-state index contributed by atoms with van der Waals surface area (Å²) in [7, 11) is 0. The monoisotopic (exact) mass is 299 g/mol. The number of aliphatic hydroxyl groups excluding tert-OH is 1. The summed E-state index contributed by atoms with van der Waals surface area (Å²) >= 11 is 0. The van der Waals surface area contributed by atoms with Gasteiger partial charge >= 0.3 is 0 Å². The lowest BCUT2D eigenvalue weighted by atomic mass is 10.0. The number of hydrogen-bond acceptors (Lipinski definition) is 3. The van der Waals surface area contributed by atoms with Crippen LogP contribution < -0.4 is 10.1 Å². The standard InChI is InChI=1S/C19H25NO2/c1-14(2)20-13-17(21)19(16-10-5-4-6-11-16)22-18-12-8-7-9-15(18)3/h4-12,14,17,19-21H,13H2,1-3H3. The van der Waals surface area contributed by atoms with Crippen molar-refractivity contribution in [3.63, 3.8) is 0 Å². The predicted molar refractivity (Wildman–Crippen MR) is 90.1 cm³/mol. The van der Waals surface area contributed by atoms with Gasteiger partial charge in [-0.1, -0.05) is 62.4 Å². The molecule has 0 saturated carbocycles. The molecule has 2 atom stereocenters. The quantitative estimate of drug-likeness (QED) is 0.822. The van der Waals surface area contributed by atoms with Crippen LogP contribution in [0.5, 0.6) is 5.75 Å². The van der Waals surface area contributed by atoms with Crippen LogP contribution in [-0.4, -0.2) is 23.8 Å². The third kappa shape index (κ3) is 4.58. The Kier molecular flexibility index (Phi) is 5.99. The Morgan fingerprint density at radius 2 is 1.64 bits per heavy atom. The van der Waals surface area contributed by atoms with Crippen molar-refractivity contribution in [1.82, 2.24) is 5.32 Å². The average Bonchev–Trinajstić information content (AvgIpc) is 2.52. The molecule has 0 aromatic heterocycles. The van der Waals surface area contributed by atoms with Gasteiger partial charge in [-0.3, -0.25) is 0 Å². The smallest absolute Gasteiger partial charge is 0.151 e. The zero-order chi connectivity index (χ0) is 15.9. The summed E-state index contributed by atoms with van der Waals surface area (Å²) in [6.07, 6.45) is -1.02. The molecule has 118 valence electrons. The van der Waals surface area contributed by atoms with Crippen LogP contribution in [0.15, 0.2) is 54.6 Å². The molecule has 0 aliphatic rings. The van der Waals surface area contributed by atoms with Crippen LogP contribution in [0.4, 0.5) is 0 Å². The number of rotatable bonds is 7. The summed E-state index contributed by atoms with van der Waals surface area (Å²) in [5, 5.41) is 13.8.